The molecular weight excluding hydrogens is 466 g/mol. The van der Waals surface area contributed by atoms with E-state index in [0.717, 1.165) is 60.3 Å². The molecule has 0 saturated carbocycles. The van der Waals surface area contributed by atoms with Crippen LogP contribution in [-0.4, -0.2) is 80.2 Å². The zero-order valence-corrected chi connectivity index (χ0v) is 21.1. The fourth-order valence-electron chi connectivity index (χ4n) is 4.51. The Morgan fingerprint density at radius 3 is 2.57 bits per heavy atom. The molecule has 2 aliphatic rings. The highest BCUT2D eigenvalue weighted by atomic mass is 32.1. The van der Waals surface area contributed by atoms with Crippen molar-refractivity contribution < 1.29 is 23.7 Å². The van der Waals surface area contributed by atoms with Gasteiger partial charge >= 0.3 is 6.09 Å². The molecule has 8 nitrogen and oxygen atoms in total. The lowest BCUT2D eigenvalue weighted by molar-refractivity contribution is 0.0997. The standard InChI is InChI=1S/C26H33N3O5S/c1-31-22-8-9-24(32-2)19(16-22)10-13-27-25(35)28-14-11-20(12-15-28)29-17-23(34-26(29)30)18-33-21-6-4-3-5-7-21/h3-9,16,20,23H,10-15,17-18H2,1-2H3,(H,27,35). The van der Waals surface area contributed by atoms with Gasteiger partial charge in [-0.1, -0.05) is 18.2 Å². The second-order valence-electron chi connectivity index (χ2n) is 8.66. The normalized spacial score (nSPS) is 18.2. The molecule has 188 valence electrons. The number of amides is 1. The van der Waals surface area contributed by atoms with Crippen LogP contribution in [0, 0.1) is 0 Å². The van der Waals surface area contributed by atoms with Crippen LogP contribution in [0.2, 0.25) is 0 Å². The predicted octanol–water partition coefficient (Wildman–Crippen LogP) is 3.49. The number of carbonyl (C=O) groups is 1. The maximum absolute atomic E-state index is 12.5. The molecule has 2 aromatic carbocycles. The molecule has 1 amide bonds. The minimum atomic E-state index is -0.253. The summed E-state index contributed by atoms with van der Waals surface area (Å²) in [5, 5.41) is 4.10. The Hall–Kier alpha value is -3.20. The van der Waals surface area contributed by atoms with E-state index in [1.54, 1.807) is 14.2 Å². The van der Waals surface area contributed by atoms with Crippen LogP contribution < -0.4 is 19.5 Å². The minimum absolute atomic E-state index is 0.157. The monoisotopic (exact) mass is 499 g/mol. The molecule has 1 N–H and O–H groups in total. The average molecular weight is 500 g/mol. The van der Waals surface area contributed by atoms with Crippen molar-refractivity contribution in [2.45, 2.75) is 31.4 Å². The quantitative estimate of drug-likeness (QED) is 0.526. The first-order valence-electron chi connectivity index (χ1n) is 12.0. The van der Waals surface area contributed by atoms with Crippen molar-refractivity contribution in [3.63, 3.8) is 0 Å². The molecule has 2 aliphatic heterocycles. The number of cyclic esters (lactones) is 1. The molecule has 1 atom stereocenters. The second-order valence-corrected chi connectivity index (χ2v) is 9.05. The third kappa shape index (κ3) is 6.48. The highest BCUT2D eigenvalue weighted by Gasteiger charge is 2.38. The fraction of sp³-hybridized carbons (Fsp3) is 0.462. The molecule has 0 bridgehead atoms. The summed E-state index contributed by atoms with van der Waals surface area (Å²) in [5.41, 5.74) is 1.07. The minimum Gasteiger partial charge on any atom is -0.497 e. The van der Waals surface area contributed by atoms with Gasteiger partial charge in [0.25, 0.3) is 0 Å². The summed E-state index contributed by atoms with van der Waals surface area (Å²) in [6.07, 6.45) is 1.97. The van der Waals surface area contributed by atoms with E-state index in [1.807, 2.05) is 53.4 Å². The van der Waals surface area contributed by atoms with E-state index in [4.69, 9.17) is 31.2 Å². The van der Waals surface area contributed by atoms with E-state index < -0.39 is 0 Å². The molecule has 4 rings (SSSR count). The van der Waals surface area contributed by atoms with Crippen LogP contribution in [-0.2, 0) is 11.2 Å². The molecule has 35 heavy (non-hydrogen) atoms. The van der Waals surface area contributed by atoms with Crippen molar-refractivity contribution in [3.8, 4) is 17.2 Å². The SMILES string of the molecule is COc1ccc(OC)c(CCNC(=S)N2CCC(N3CC(COc4ccccc4)OC3=O)CC2)c1. The summed E-state index contributed by atoms with van der Waals surface area (Å²) in [6, 6.07) is 15.5. The van der Waals surface area contributed by atoms with Gasteiger partial charge in [0.05, 0.1) is 20.8 Å². The van der Waals surface area contributed by atoms with Crippen LogP contribution in [0.4, 0.5) is 4.79 Å². The molecule has 0 aromatic heterocycles. The summed E-state index contributed by atoms with van der Waals surface area (Å²) >= 11 is 5.63. The highest BCUT2D eigenvalue weighted by molar-refractivity contribution is 7.80. The largest absolute Gasteiger partial charge is 0.497 e. The number of thiocarbonyl (C=S) groups is 1. The van der Waals surface area contributed by atoms with Crippen LogP contribution in [0.15, 0.2) is 48.5 Å². The first-order chi connectivity index (χ1) is 17.1. The van der Waals surface area contributed by atoms with E-state index in [0.29, 0.717) is 19.7 Å². The Kier molecular flexibility index (Phi) is 8.52. The lowest BCUT2D eigenvalue weighted by Gasteiger charge is -2.37. The molecule has 2 heterocycles. The molecule has 2 saturated heterocycles. The highest BCUT2D eigenvalue weighted by Crippen LogP contribution is 2.25. The zero-order chi connectivity index (χ0) is 24.6. The Morgan fingerprint density at radius 2 is 1.86 bits per heavy atom. The van der Waals surface area contributed by atoms with Crippen LogP contribution in [0.1, 0.15) is 18.4 Å². The van der Waals surface area contributed by atoms with Crippen LogP contribution >= 0.6 is 12.2 Å². The maximum atomic E-state index is 12.5. The van der Waals surface area contributed by atoms with Crippen molar-refractivity contribution in [2.24, 2.45) is 0 Å². The van der Waals surface area contributed by atoms with Crippen molar-refractivity contribution in [1.29, 1.82) is 0 Å². The number of likely N-dealkylation sites (tertiary alicyclic amines) is 1. The van der Waals surface area contributed by atoms with Gasteiger partial charge in [0.1, 0.15) is 23.9 Å². The number of hydrogen-bond acceptors (Lipinski definition) is 6. The van der Waals surface area contributed by atoms with E-state index in [9.17, 15) is 4.79 Å². The number of nitrogens with one attached hydrogen (secondary N) is 1. The second kappa shape index (κ2) is 12.0. The van der Waals surface area contributed by atoms with Gasteiger partial charge in [-0.3, -0.25) is 0 Å². The van der Waals surface area contributed by atoms with Gasteiger partial charge in [0.2, 0.25) is 0 Å². The molecule has 2 aromatic rings. The molecule has 2 fully saturated rings. The molecule has 0 aliphatic carbocycles. The van der Waals surface area contributed by atoms with E-state index in [2.05, 4.69) is 10.2 Å². The lowest BCUT2D eigenvalue weighted by Crippen LogP contribution is -2.50. The molecule has 9 heteroatoms. The van der Waals surface area contributed by atoms with Crippen molar-refractivity contribution in [3.05, 3.63) is 54.1 Å². The fourth-order valence-corrected chi connectivity index (χ4v) is 4.79. The summed E-state index contributed by atoms with van der Waals surface area (Å²) in [5.74, 6) is 2.42. The predicted molar refractivity (Wildman–Crippen MR) is 137 cm³/mol. The summed E-state index contributed by atoms with van der Waals surface area (Å²) in [6.45, 7) is 3.21. The number of para-hydroxylation sites is 1. The third-order valence-corrected chi connectivity index (χ3v) is 6.83. The third-order valence-electron chi connectivity index (χ3n) is 6.43. The number of hydrogen-bond donors (Lipinski definition) is 1. The molecule has 0 radical (unpaired) electrons. The molecule has 0 spiro atoms. The molecule has 1 unspecified atom stereocenters. The smallest absolute Gasteiger partial charge is 0.410 e. The van der Waals surface area contributed by atoms with Crippen LogP contribution in [0.25, 0.3) is 0 Å². The summed E-state index contributed by atoms with van der Waals surface area (Å²) < 4.78 is 22.1. The van der Waals surface area contributed by atoms with Gasteiger partial charge in [-0.15, -0.1) is 0 Å². The number of benzene rings is 2. The van der Waals surface area contributed by atoms with Gasteiger partial charge in [-0.2, -0.15) is 0 Å². The number of piperidine rings is 1. The van der Waals surface area contributed by atoms with Crippen molar-refractivity contribution in [1.82, 2.24) is 15.1 Å². The van der Waals surface area contributed by atoms with Crippen molar-refractivity contribution in [2.75, 3.05) is 47.0 Å². The Bertz CT molecular complexity index is 998. The van der Waals surface area contributed by atoms with Crippen LogP contribution in [0.5, 0.6) is 17.2 Å². The van der Waals surface area contributed by atoms with E-state index >= 15 is 0 Å². The van der Waals surface area contributed by atoms with Crippen LogP contribution in [0.3, 0.4) is 0 Å². The molecular formula is C26H33N3O5S. The van der Waals surface area contributed by atoms with E-state index in [-0.39, 0.29) is 18.2 Å². The maximum Gasteiger partial charge on any atom is 0.410 e. The Morgan fingerprint density at radius 1 is 1.09 bits per heavy atom. The number of nitrogens with zero attached hydrogens (tertiary/aromatic N) is 2. The number of carbonyl (C=O) groups excluding carboxylic acids is 1. The first kappa shape index (κ1) is 24.9. The summed E-state index contributed by atoms with van der Waals surface area (Å²) in [4.78, 5) is 16.5. The Balaban J connectivity index is 1.19. The van der Waals surface area contributed by atoms with Gasteiger partial charge in [-0.05, 0) is 67.4 Å². The Labute approximate surface area is 212 Å². The zero-order valence-electron chi connectivity index (χ0n) is 20.3. The van der Waals surface area contributed by atoms with Gasteiger partial charge in [0.15, 0.2) is 11.2 Å². The number of methoxy groups -OCH3 is 2. The van der Waals surface area contributed by atoms with Crippen molar-refractivity contribution >= 4 is 23.4 Å². The van der Waals surface area contributed by atoms with Gasteiger partial charge < -0.3 is 34.1 Å². The van der Waals surface area contributed by atoms with E-state index in [1.165, 1.54) is 0 Å². The lowest BCUT2D eigenvalue weighted by atomic mass is 10.0. The summed E-state index contributed by atoms with van der Waals surface area (Å²) in [7, 11) is 3.32. The average Bonchev–Trinajstić information content (AvgIpc) is 3.28. The van der Waals surface area contributed by atoms with Gasteiger partial charge in [0, 0.05) is 25.7 Å². The topological polar surface area (TPSA) is 72.5 Å². The number of rotatable bonds is 9. The number of ether oxygens (including phenoxy) is 4. The van der Waals surface area contributed by atoms with Gasteiger partial charge in [-0.25, -0.2) is 4.79 Å². The first-order valence-corrected chi connectivity index (χ1v) is 12.4.